The maximum absolute atomic E-state index is 12.5. The van der Waals surface area contributed by atoms with Gasteiger partial charge in [-0.3, -0.25) is 19.0 Å². The molecule has 0 spiro atoms. The molecule has 3 amide bonds. The van der Waals surface area contributed by atoms with E-state index in [0.717, 1.165) is 4.90 Å². The second kappa shape index (κ2) is 7.81. The number of ether oxygens (including phenoxy) is 1. The molecule has 1 aromatic heterocycles. The second-order valence-electron chi connectivity index (χ2n) is 6.09. The maximum Gasteiger partial charge on any atom is 0.417 e. The Morgan fingerprint density at radius 3 is 2.63 bits per heavy atom. The van der Waals surface area contributed by atoms with Gasteiger partial charge in [0.2, 0.25) is 5.91 Å². The van der Waals surface area contributed by atoms with Crippen LogP contribution >= 0.6 is 0 Å². The number of imide groups is 1. The molecule has 0 radical (unpaired) electrons. The van der Waals surface area contributed by atoms with Crippen LogP contribution in [0.25, 0.3) is 0 Å². The maximum atomic E-state index is 12.5. The van der Waals surface area contributed by atoms with Crippen molar-refractivity contribution in [3.8, 4) is 0 Å². The van der Waals surface area contributed by atoms with Gasteiger partial charge in [0.1, 0.15) is 6.54 Å². The molecule has 3 rings (SSSR count). The first-order valence-corrected chi connectivity index (χ1v) is 8.28. The van der Waals surface area contributed by atoms with Gasteiger partial charge in [0.25, 0.3) is 11.5 Å². The number of carbonyl (C=O) groups is 3. The lowest BCUT2D eigenvalue weighted by Gasteiger charge is -2.23. The molecule has 0 saturated carbocycles. The van der Waals surface area contributed by atoms with Gasteiger partial charge >= 0.3 is 6.09 Å². The first-order valence-electron chi connectivity index (χ1n) is 8.28. The van der Waals surface area contributed by atoms with Crippen LogP contribution in [0.15, 0.2) is 47.5 Å². The zero-order valence-corrected chi connectivity index (χ0v) is 14.6. The van der Waals surface area contributed by atoms with E-state index in [1.54, 1.807) is 31.2 Å². The van der Waals surface area contributed by atoms with Crippen molar-refractivity contribution in [1.82, 2.24) is 19.8 Å². The van der Waals surface area contributed by atoms with Crippen LogP contribution in [-0.2, 0) is 20.9 Å². The molecule has 1 fully saturated rings. The first kappa shape index (κ1) is 18.3. The minimum Gasteiger partial charge on any atom is -0.439 e. The van der Waals surface area contributed by atoms with Crippen molar-refractivity contribution in [2.24, 2.45) is 0 Å². The zero-order valence-electron chi connectivity index (χ0n) is 14.6. The van der Waals surface area contributed by atoms with Crippen LogP contribution < -0.4 is 10.9 Å². The average Bonchev–Trinajstić information content (AvgIpc) is 2.96. The second-order valence-corrected chi connectivity index (χ2v) is 6.09. The summed E-state index contributed by atoms with van der Waals surface area (Å²) in [7, 11) is 0. The van der Waals surface area contributed by atoms with Gasteiger partial charge in [0, 0.05) is 11.8 Å². The normalized spacial score (nSPS) is 14.8. The molecule has 0 bridgehead atoms. The molecule has 140 valence electrons. The number of nitrogens with one attached hydrogen (secondary N) is 1. The lowest BCUT2D eigenvalue weighted by molar-refractivity contribution is -0.127. The minimum atomic E-state index is -0.742. The van der Waals surface area contributed by atoms with E-state index < -0.39 is 23.9 Å². The molecular formula is C18H18N4O5. The van der Waals surface area contributed by atoms with Gasteiger partial charge in [-0.25, -0.2) is 14.7 Å². The number of hydrogen-bond donors (Lipinski definition) is 1. The molecule has 2 heterocycles. The summed E-state index contributed by atoms with van der Waals surface area (Å²) in [6, 6.07) is 9.63. The number of cyclic esters (lactones) is 1. The summed E-state index contributed by atoms with van der Waals surface area (Å²) in [4.78, 5) is 52.9. The molecule has 1 saturated heterocycles. The van der Waals surface area contributed by atoms with E-state index in [2.05, 4.69) is 10.3 Å². The lowest BCUT2D eigenvalue weighted by atomic mass is 10.1. The molecule has 1 aliphatic rings. The van der Waals surface area contributed by atoms with Gasteiger partial charge in [-0.05, 0) is 12.5 Å². The number of nitrogens with zero attached hydrogens (tertiary/aromatic N) is 3. The molecule has 1 N–H and O–H groups in total. The largest absolute Gasteiger partial charge is 0.439 e. The molecular weight excluding hydrogens is 352 g/mol. The van der Waals surface area contributed by atoms with Gasteiger partial charge < -0.3 is 10.1 Å². The van der Waals surface area contributed by atoms with E-state index in [4.69, 9.17) is 4.74 Å². The van der Waals surface area contributed by atoms with Crippen LogP contribution in [0.3, 0.4) is 0 Å². The number of rotatable bonds is 6. The highest BCUT2D eigenvalue weighted by molar-refractivity contribution is 5.97. The van der Waals surface area contributed by atoms with Crippen LogP contribution in [-0.4, -0.2) is 45.5 Å². The predicted molar refractivity (Wildman–Crippen MR) is 93.6 cm³/mol. The van der Waals surface area contributed by atoms with E-state index in [1.165, 1.54) is 17.0 Å². The van der Waals surface area contributed by atoms with Gasteiger partial charge in [-0.15, -0.1) is 0 Å². The lowest BCUT2D eigenvalue weighted by Crippen LogP contribution is -2.42. The van der Waals surface area contributed by atoms with E-state index >= 15 is 0 Å². The van der Waals surface area contributed by atoms with E-state index in [0.29, 0.717) is 11.3 Å². The zero-order chi connectivity index (χ0) is 19.4. The number of benzene rings is 1. The molecule has 1 aromatic carbocycles. The number of aryl methyl sites for hydroxylation is 1. The van der Waals surface area contributed by atoms with Crippen LogP contribution in [0, 0.1) is 6.92 Å². The minimum absolute atomic E-state index is 0.0610. The van der Waals surface area contributed by atoms with E-state index in [9.17, 15) is 19.2 Å². The fraction of sp³-hybridized carbons (Fsp3) is 0.278. The summed E-state index contributed by atoms with van der Waals surface area (Å²) in [6.45, 7) is 1.09. The Morgan fingerprint density at radius 1 is 1.26 bits per heavy atom. The van der Waals surface area contributed by atoms with Crippen LogP contribution in [0.5, 0.6) is 0 Å². The van der Waals surface area contributed by atoms with Crippen molar-refractivity contribution in [2.45, 2.75) is 19.5 Å². The first-order chi connectivity index (χ1) is 12.9. The summed E-state index contributed by atoms with van der Waals surface area (Å²) < 4.78 is 5.89. The molecule has 9 nitrogen and oxygen atoms in total. The fourth-order valence-electron chi connectivity index (χ4n) is 2.69. The van der Waals surface area contributed by atoms with Gasteiger partial charge in [-0.1, -0.05) is 30.3 Å². The summed E-state index contributed by atoms with van der Waals surface area (Å²) in [5.74, 6) is -0.911. The van der Waals surface area contributed by atoms with Crippen molar-refractivity contribution < 1.29 is 19.1 Å². The highest BCUT2D eigenvalue weighted by Crippen LogP contribution is 2.17. The molecule has 9 heteroatoms. The summed E-state index contributed by atoms with van der Waals surface area (Å²) in [5, 5.41) is 2.76. The van der Waals surface area contributed by atoms with Gasteiger partial charge in [-0.2, -0.15) is 0 Å². The Labute approximate surface area is 154 Å². The Morgan fingerprint density at radius 2 is 2.00 bits per heavy atom. The number of hydrogen-bond acceptors (Lipinski definition) is 6. The standard InChI is InChI=1S/C18H18N4O5/c1-12-7-16(24)21(11-19-12)9-15(23)20-14(13-5-3-2-4-6-13)8-22-17(25)10-27-18(22)26/h2-7,11,14H,8-10H2,1H3,(H,20,23). The quantitative estimate of drug-likeness (QED) is 0.787. The Balaban J connectivity index is 1.76. The summed E-state index contributed by atoms with van der Waals surface area (Å²) in [6.07, 6.45) is 0.560. The van der Waals surface area contributed by atoms with Crippen LogP contribution in [0.2, 0.25) is 0 Å². The smallest absolute Gasteiger partial charge is 0.417 e. The van der Waals surface area contributed by atoms with Crippen LogP contribution in [0.4, 0.5) is 4.79 Å². The molecule has 1 unspecified atom stereocenters. The van der Waals surface area contributed by atoms with Crippen molar-refractivity contribution in [2.75, 3.05) is 13.2 Å². The molecule has 0 aliphatic carbocycles. The van der Waals surface area contributed by atoms with E-state index in [1.807, 2.05) is 6.07 Å². The molecule has 27 heavy (non-hydrogen) atoms. The topological polar surface area (TPSA) is 111 Å². The predicted octanol–water partition coefficient (Wildman–Crippen LogP) is 0.388. The SMILES string of the molecule is Cc1cc(=O)n(CC(=O)NC(CN2C(=O)COC2=O)c2ccccc2)cn1. The monoisotopic (exact) mass is 370 g/mol. The Hall–Kier alpha value is -3.49. The van der Waals surface area contributed by atoms with Crippen LogP contribution in [0.1, 0.15) is 17.3 Å². The number of amides is 3. The number of carbonyl (C=O) groups excluding carboxylic acids is 3. The molecule has 2 aromatic rings. The Bertz CT molecular complexity index is 909. The van der Waals surface area contributed by atoms with Gasteiger partial charge in [0.15, 0.2) is 6.61 Å². The number of aromatic nitrogens is 2. The van der Waals surface area contributed by atoms with Crippen molar-refractivity contribution >= 4 is 17.9 Å². The van der Waals surface area contributed by atoms with E-state index in [-0.39, 0.29) is 25.3 Å². The van der Waals surface area contributed by atoms with Crippen molar-refractivity contribution in [3.05, 3.63) is 64.3 Å². The summed E-state index contributed by atoms with van der Waals surface area (Å²) >= 11 is 0. The summed E-state index contributed by atoms with van der Waals surface area (Å²) in [5.41, 5.74) is 0.935. The molecule has 1 aliphatic heterocycles. The van der Waals surface area contributed by atoms with Gasteiger partial charge in [0.05, 0.1) is 18.9 Å². The Kier molecular flexibility index (Phi) is 5.30. The fourth-order valence-corrected chi connectivity index (χ4v) is 2.69. The third-order valence-electron chi connectivity index (χ3n) is 4.07. The van der Waals surface area contributed by atoms with Crippen molar-refractivity contribution in [3.63, 3.8) is 0 Å². The molecule has 1 atom stereocenters. The third kappa shape index (κ3) is 4.38. The highest BCUT2D eigenvalue weighted by Gasteiger charge is 2.33. The third-order valence-corrected chi connectivity index (χ3v) is 4.07. The average molecular weight is 370 g/mol. The van der Waals surface area contributed by atoms with Crippen molar-refractivity contribution in [1.29, 1.82) is 0 Å². The highest BCUT2D eigenvalue weighted by atomic mass is 16.6.